The van der Waals surface area contributed by atoms with Crippen molar-refractivity contribution in [3.63, 3.8) is 0 Å². The number of halogens is 3. The molecule has 64 valence electrons. The molecule has 1 aromatic carbocycles. The van der Waals surface area contributed by atoms with Gasteiger partial charge in [0.15, 0.2) is 0 Å². The van der Waals surface area contributed by atoms with E-state index in [1.807, 2.05) is 0 Å². The fourth-order valence-electron chi connectivity index (χ4n) is 0.700. The van der Waals surface area contributed by atoms with Crippen LogP contribution >= 0.6 is 27.7 Å². The van der Waals surface area contributed by atoms with Gasteiger partial charge in [-0.05, 0) is 29.8 Å². The van der Waals surface area contributed by atoms with Crippen LogP contribution in [0.1, 0.15) is 0 Å². The predicted octanol–water partition coefficient (Wildman–Crippen LogP) is 3.30. The number of amides is 1. The number of rotatable bonds is 1. The van der Waals surface area contributed by atoms with E-state index in [9.17, 15) is 9.18 Å². The van der Waals surface area contributed by atoms with E-state index in [1.54, 1.807) is 6.07 Å². The molecular formula is C7H4BrClFNO. The maximum absolute atomic E-state index is 12.6. The number of hydrogen-bond acceptors (Lipinski definition) is 1. The van der Waals surface area contributed by atoms with Crippen molar-refractivity contribution >= 4 is 38.8 Å². The summed E-state index contributed by atoms with van der Waals surface area (Å²) in [6, 6.07) is 5.51. The molecular weight excluding hydrogens is 248 g/mol. The number of nitrogens with zero attached hydrogens (tertiary/aromatic N) is 1. The molecule has 0 N–H and O–H groups in total. The van der Waals surface area contributed by atoms with Gasteiger partial charge in [0.2, 0.25) is 0 Å². The molecule has 1 amide bonds. The highest BCUT2D eigenvalue weighted by Gasteiger charge is 2.09. The van der Waals surface area contributed by atoms with Gasteiger partial charge in [-0.15, -0.1) is 0 Å². The van der Waals surface area contributed by atoms with Gasteiger partial charge in [0.05, 0.1) is 21.8 Å². The Kier molecular flexibility index (Phi) is 3.05. The van der Waals surface area contributed by atoms with Crippen LogP contribution in [0.4, 0.5) is 14.9 Å². The van der Waals surface area contributed by atoms with E-state index >= 15 is 0 Å². The van der Waals surface area contributed by atoms with Gasteiger partial charge in [0, 0.05) is 0 Å². The van der Waals surface area contributed by atoms with Crippen LogP contribution in [0.25, 0.3) is 0 Å². The van der Waals surface area contributed by atoms with Gasteiger partial charge in [-0.25, -0.2) is 8.32 Å². The molecule has 0 fully saturated rings. The largest absolute Gasteiger partial charge is 0.331 e. The Morgan fingerprint density at radius 2 is 2.25 bits per heavy atom. The molecule has 1 rings (SSSR count). The zero-order valence-corrected chi connectivity index (χ0v) is 8.14. The van der Waals surface area contributed by atoms with Crippen LogP contribution in [0, 0.1) is 5.82 Å². The smallest absolute Gasteiger partial charge is 0.254 e. The van der Waals surface area contributed by atoms with E-state index in [4.69, 9.17) is 11.6 Å². The maximum atomic E-state index is 12.6. The lowest BCUT2D eigenvalue weighted by Gasteiger charge is -2.09. The van der Waals surface area contributed by atoms with E-state index in [0.717, 1.165) is 3.93 Å². The molecule has 0 saturated heterocycles. The first-order chi connectivity index (χ1) is 5.61. The molecule has 0 aliphatic carbocycles. The van der Waals surface area contributed by atoms with Crippen molar-refractivity contribution in [3.05, 3.63) is 30.1 Å². The average Bonchev–Trinajstić information content (AvgIpc) is 2.03. The van der Waals surface area contributed by atoms with Gasteiger partial charge in [0.25, 0.3) is 0 Å². The highest BCUT2D eigenvalue weighted by molar-refractivity contribution is 9.10. The standard InChI is InChI=1S/C7H4BrClFNO/c8-11(7(9)12)6-3-1-2-5(10)4-6/h1-4H. The third-order valence-corrected chi connectivity index (χ3v) is 2.29. The second kappa shape index (κ2) is 3.87. The number of benzene rings is 1. The molecule has 0 radical (unpaired) electrons. The van der Waals surface area contributed by atoms with Crippen molar-refractivity contribution in [3.8, 4) is 0 Å². The summed E-state index contributed by atoms with van der Waals surface area (Å²) in [4.78, 5) is 10.6. The number of carbonyl (C=O) groups excluding carboxylic acids is 1. The third kappa shape index (κ3) is 2.19. The first kappa shape index (κ1) is 9.48. The predicted molar refractivity (Wildman–Crippen MR) is 49.1 cm³/mol. The molecule has 0 bridgehead atoms. The summed E-state index contributed by atoms with van der Waals surface area (Å²) < 4.78 is 13.6. The van der Waals surface area contributed by atoms with E-state index in [1.165, 1.54) is 18.2 Å². The fraction of sp³-hybridized carbons (Fsp3) is 0. The van der Waals surface area contributed by atoms with Crippen molar-refractivity contribution in [1.82, 2.24) is 0 Å². The van der Waals surface area contributed by atoms with E-state index < -0.39 is 11.2 Å². The molecule has 0 spiro atoms. The molecule has 0 heterocycles. The molecule has 1 aromatic rings. The normalized spacial score (nSPS) is 9.58. The molecule has 5 heteroatoms. The molecule has 2 nitrogen and oxygen atoms in total. The second-order valence-electron chi connectivity index (χ2n) is 2.01. The quantitative estimate of drug-likeness (QED) is 0.427. The average molecular weight is 252 g/mol. The van der Waals surface area contributed by atoms with Crippen LogP contribution in [-0.4, -0.2) is 5.37 Å². The molecule has 0 aliphatic rings. The van der Waals surface area contributed by atoms with Crippen LogP contribution < -0.4 is 3.93 Å². The molecule has 0 saturated carbocycles. The topological polar surface area (TPSA) is 20.3 Å². The number of carbonyl (C=O) groups is 1. The SMILES string of the molecule is O=C(Cl)N(Br)c1cccc(F)c1. The molecule has 0 aliphatic heterocycles. The van der Waals surface area contributed by atoms with E-state index in [0.29, 0.717) is 5.69 Å². The van der Waals surface area contributed by atoms with Crippen molar-refractivity contribution in [1.29, 1.82) is 0 Å². The lowest BCUT2D eigenvalue weighted by molar-refractivity contribution is 0.267. The summed E-state index contributed by atoms with van der Waals surface area (Å²) in [5.74, 6) is -0.421. The zero-order valence-electron chi connectivity index (χ0n) is 5.80. The van der Waals surface area contributed by atoms with E-state index in [-0.39, 0.29) is 0 Å². The Morgan fingerprint density at radius 3 is 2.75 bits per heavy atom. The van der Waals surface area contributed by atoms with Crippen LogP contribution in [0.5, 0.6) is 0 Å². The van der Waals surface area contributed by atoms with Crippen LogP contribution in [0.2, 0.25) is 0 Å². The van der Waals surface area contributed by atoms with Gasteiger partial charge in [-0.2, -0.15) is 0 Å². The number of anilines is 1. The Hall–Kier alpha value is -0.610. The van der Waals surface area contributed by atoms with Crippen molar-refractivity contribution in [2.75, 3.05) is 3.93 Å². The van der Waals surface area contributed by atoms with Crippen molar-refractivity contribution < 1.29 is 9.18 Å². The fourth-order valence-corrected chi connectivity index (χ4v) is 1.02. The van der Waals surface area contributed by atoms with Crippen molar-refractivity contribution in [2.24, 2.45) is 0 Å². The van der Waals surface area contributed by atoms with Gasteiger partial charge in [-0.3, -0.25) is 4.79 Å². The summed E-state index contributed by atoms with van der Waals surface area (Å²) >= 11 is 8.00. The summed E-state index contributed by atoms with van der Waals surface area (Å²) in [6.45, 7) is 0. The lowest BCUT2D eigenvalue weighted by atomic mass is 10.3. The summed E-state index contributed by atoms with van der Waals surface area (Å²) in [5, 5.41) is -0.722. The van der Waals surface area contributed by atoms with Crippen molar-refractivity contribution in [2.45, 2.75) is 0 Å². The minimum Gasteiger partial charge on any atom is -0.254 e. The monoisotopic (exact) mass is 251 g/mol. The van der Waals surface area contributed by atoms with Gasteiger partial charge >= 0.3 is 5.37 Å². The lowest BCUT2D eigenvalue weighted by Crippen LogP contribution is -2.11. The Balaban J connectivity index is 2.95. The van der Waals surface area contributed by atoms with Gasteiger partial charge < -0.3 is 0 Å². The van der Waals surface area contributed by atoms with E-state index in [2.05, 4.69) is 16.1 Å². The maximum Gasteiger partial charge on any atom is 0.331 e. The van der Waals surface area contributed by atoms with Crippen LogP contribution in [0.3, 0.4) is 0 Å². The van der Waals surface area contributed by atoms with Gasteiger partial charge in [-0.1, -0.05) is 6.07 Å². The Labute approximate surface area is 82.3 Å². The molecule has 0 aromatic heterocycles. The first-order valence-corrected chi connectivity index (χ1v) is 4.11. The first-order valence-electron chi connectivity index (χ1n) is 3.02. The second-order valence-corrected chi connectivity index (χ2v) is 3.05. The summed E-state index contributed by atoms with van der Waals surface area (Å²) in [7, 11) is 0. The zero-order chi connectivity index (χ0) is 9.14. The van der Waals surface area contributed by atoms with Gasteiger partial charge in [0.1, 0.15) is 5.82 Å². The van der Waals surface area contributed by atoms with Crippen LogP contribution in [-0.2, 0) is 0 Å². The summed E-state index contributed by atoms with van der Waals surface area (Å²) in [5.41, 5.74) is 0.356. The summed E-state index contributed by atoms with van der Waals surface area (Å²) in [6.07, 6.45) is 0. The number of hydrogen-bond donors (Lipinski definition) is 0. The Morgan fingerprint density at radius 1 is 1.58 bits per heavy atom. The highest BCUT2D eigenvalue weighted by atomic mass is 79.9. The minimum atomic E-state index is -0.722. The highest BCUT2D eigenvalue weighted by Crippen LogP contribution is 2.20. The Bertz CT molecular complexity index is 307. The third-order valence-electron chi connectivity index (χ3n) is 1.19. The minimum absolute atomic E-state index is 0.356. The van der Waals surface area contributed by atoms with Crippen LogP contribution in [0.15, 0.2) is 24.3 Å². The molecule has 0 atom stereocenters. The molecule has 12 heavy (non-hydrogen) atoms. The molecule has 0 unspecified atom stereocenters.